The minimum atomic E-state index is -0.889. The number of anilines is 1. The first-order valence-electron chi connectivity index (χ1n) is 10.6. The fourth-order valence-electron chi connectivity index (χ4n) is 3.90. The third-order valence-corrected chi connectivity index (χ3v) is 6.09. The van der Waals surface area contributed by atoms with Crippen molar-refractivity contribution in [3.63, 3.8) is 0 Å². The van der Waals surface area contributed by atoms with Gasteiger partial charge in [0, 0.05) is 11.1 Å². The zero-order valence-electron chi connectivity index (χ0n) is 19.5. The van der Waals surface area contributed by atoms with E-state index in [2.05, 4.69) is 0 Å². The molecule has 0 spiro atoms. The maximum Gasteiger partial charge on any atom is 0.257 e. The van der Waals surface area contributed by atoms with Gasteiger partial charge in [-0.1, -0.05) is 24.6 Å². The predicted octanol–water partition coefficient (Wildman–Crippen LogP) is 3.98. The minimum absolute atomic E-state index is 0.0603. The van der Waals surface area contributed by atoms with E-state index in [-0.39, 0.29) is 18.2 Å². The van der Waals surface area contributed by atoms with Crippen molar-refractivity contribution in [1.29, 1.82) is 0 Å². The maximum absolute atomic E-state index is 13.7. The summed E-state index contributed by atoms with van der Waals surface area (Å²) in [7, 11) is 3.02. The molecule has 1 heterocycles. The second-order valence-electron chi connectivity index (χ2n) is 8.53. The summed E-state index contributed by atoms with van der Waals surface area (Å²) in [6, 6.07) is 11.2. The number of nitrogens with zero attached hydrogens (tertiary/aromatic N) is 2. The predicted molar refractivity (Wildman–Crippen MR) is 122 cm³/mol. The van der Waals surface area contributed by atoms with Crippen LogP contribution in [-0.4, -0.2) is 48.4 Å². The number of methoxy groups -OCH3 is 2. The van der Waals surface area contributed by atoms with Crippen molar-refractivity contribution in [2.24, 2.45) is 0 Å². The van der Waals surface area contributed by atoms with Gasteiger partial charge in [-0.25, -0.2) is 4.90 Å². The van der Waals surface area contributed by atoms with Crippen molar-refractivity contribution in [2.75, 3.05) is 19.1 Å². The van der Waals surface area contributed by atoms with Crippen LogP contribution in [0.5, 0.6) is 11.5 Å². The average molecular weight is 439 g/mol. The van der Waals surface area contributed by atoms with Gasteiger partial charge in [0.25, 0.3) is 11.8 Å². The van der Waals surface area contributed by atoms with Crippen molar-refractivity contribution in [3.8, 4) is 11.5 Å². The van der Waals surface area contributed by atoms with Crippen molar-refractivity contribution in [2.45, 2.75) is 52.1 Å². The van der Waals surface area contributed by atoms with Crippen molar-refractivity contribution in [1.82, 2.24) is 4.90 Å². The number of aryl methyl sites for hydroxylation is 1. The number of carbonyl (C=O) groups is 3. The minimum Gasteiger partial charge on any atom is -0.493 e. The van der Waals surface area contributed by atoms with Crippen LogP contribution in [0.1, 0.15) is 49.5 Å². The lowest BCUT2D eigenvalue weighted by molar-refractivity contribution is -0.123. The number of rotatable bonds is 7. The lowest BCUT2D eigenvalue weighted by Gasteiger charge is -2.41. The Hall–Kier alpha value is -3.35. The molecule has 7 heteroatoms. The molecule has 0 bridgehead atoms. The van der Waals surface area contributed by atoms with Crippen LogP contribution in [-0.2, 0) is 9.59 Å². The van der Waals surface area contributed by atoms with Crippen molar-refractivity contribution >= 4 is 23.4 Å². The molecule has 1 fully saturated rings. The molecule has 0 N–H and O–H groups in total. The number of imide groups is 1. The molecule has 3 amide bonds. The molecule has 0 aromatic heterocycles. The molecular weight excluding hydrogens is 408 g/mol. The van der Waals surface area contributed by atoms with Crippen LogP contribution >= 0.6 is 0 Å². The number of hydrogen-bond donors (Lipinski definition) is 0. The van der Waals surface area contributed by atoms with Crippen LogP contribution < -0.4 is 14.4 Å². The molecule has 170 valence electrons. The van der Waals surface area contributed by atoms with Gasteiger partial charge >= 0.3 is 0 Å². The van der Waals surface area contributed by atoms with Crippen LogP contribution in [0.2, 0.25) is 0 Å². The molecule has 1 saturated heterocycles. The van der Waals surface area contributed by atoms with Gasteiger partial charge in [0.15, 0.2) is 11.5 Å². The lowest BCUT2D eigenvalue weighted by atomic mass is 9.94. The number of carbonyl (C=O) groups excluding carboxylic acids is 3. The Morgan fingerprint density at radius 3 is 2.25 bits per heavy atom. The summed E-state index contributed by atoms with van der Waals surface area (Å²) >= 11 is 0. The first kappa shape index (κ1) is 23.3. The van der Waals surface area contributed by atoms with E-state index in [1.807, 2.05) is 39.8 Å². The van der Waals surface area contributed by atoms with Gasteiger partial charge in [-0.3, -0.25) is 14.4 Å². The van der Waals surface area contributed by atoms with E-state index in [1.54, 1.807) is 35.2 Å². The smallest absolute Gasteiger partial charge is 0.257 e. The van der Waals surface area contributed by atoms with Crippen LogP contribution in [0.4, 0.5) is 5.69 Å². The van der Waals surface area contributed by atoms with Gasteiger partial charge < -0.3 is 14.4 Å². The summed E-state index contributed by atoms with van der Waals surface area (Å²) < 4.78 is 10.6. The third-order valence-electron chi connectivity index (χ3n) is 6.09. The molecule has 0 radical (unpaired) electrons. The Balaban J connectivity index is 2.01. The van der Waals surface area contributed by atoms with Gasteiger partial charge in [-0.15, -0.1) is 0 Å². The van der Waals surface area contributed by atoms with Crippen LogP contribution in [0.15, 0.2) is 42.5 Å². The fraction of sp³-hybridized carbons (Fsp3) is 0.400. The van der Waals surface area contributed by atoms with Crippen LogP contribution in [0, 0.1) is 6.92 Å². The molecule has 1 unspecified atom stereocenters. The van der Waals surface area contributed by atoms with E-state index in [9.17, 15) is 14.4 Å². The third kappa shape index (κ3) is 4.20. The quantitative estimate of drug-likeness (QED) is 0.612. The SMILES string of the molecule is CCC(C)(C)N(C(=O)c1ccc(OC)c(OC)c1)C1CC(=O)N(c2ccc(C)cc2)C1=O. The Kier molecular flexibility index (Phi) is 6.57. The number of amides is 3. The molecule has 2 aromatic carbocycles. The molecule has 2 aromatic rings. The largest absolute Gasteiger partial charge is 0.493 e. The van der Waals surface area contributed by atoms with E-state index in [0.29, 0.717) is 29.2 Å². The Morgan fingerprint density at radius 1 is 1.06 bits per heavy atom. The monoisotopic (exact) mass is 438 g/mol. The highest BCUT2D eigenvalue weighted by atomic mass is 16.5. The van der Waals surface area contributed by atoms with E-state index in [1.165, 1.54) is 19.1 Å². The number of benzene rings is 2. The molecule has 7 nitrogen and oxygen atoms in total. The number of hydrogen-bond acceptors (Lipinski definition) is 5. The molecule has 0 saturated carbocycles. The van der Waals surface area contributed by atoms with Crippen LogP contribution in [0.25, 0.3) is 0 Å². The number of ether oxygens (including phenoxy) is 2. The zero-order chi connectivity index (χ0) is 23.6. The Morgan fingerprint density at radius 2 is 1.69 bits per heavy atom. The second kappa shape index (κ2) is 9.02. The summed E-state index contributed by atoms with van der Waals surface area (Å²) in [6.45, 7) is 7.69. The van der Waals surface area contributed by atoms with E-state index < -0.39 is 17.5 Å². The highest BCUT2D eigenvalue weighted by Gasteiger charge is 2.48. The standard InChI is InChI=1S/C25H30N2O5/c1-7-25(3,4)27(23(29)17-10-13-20(31-5)21(14-17)32-6)19-15-22(28)26(24(19)30)18-11-8-16(2)9-12-18/h8-14,19H,7,15H2,1-6H3. The van der Waals surface area contributed by atoms with E-state index in [4.69, 9.17) is 9.47 Å². The summed E-state index contributed by atoms with van der Waals surface area (Å²) in [5.41, 5.74) is 1.25. The fourth-order valence-corrected chi connectivity index (χ4v) is 3.90. The molecule has 0 aliphatic carbocycles. The summed E-state index contributed by atoms with van der Waals surface area (Å²) in [5, 5.41) is 0. The lowest BCUT2D eigenvalue weighted by Crippen LogP contribution is -2.55. The van der Waals surface area contributed by atoms with Gasteiger partial charge in [0.05, 0.1) is 26.3 Å². The van der Waals surface area contributed by atoms with Gasteiger partial charge in [0.2, 0.25) is 5.91 Å². The maximum atomic E-state index is 13.7. The normalized spacial score (nSPS) is 16.3. The molecule has 3 rings (SSSR count). The topological polar surface area (TPSA) is 76.2 Å². The highest BCUT2D eigenvalue weighted by molar-refractivity contribution is 6.23. The summed E-state index contributed by atoms with van der Waals surface area (Å²) in [4.78, 5) is 42.7. The summed E-state index contributed by atoms with van der Waals surface area (Å²) in [6.07, 6.45) is 0.545. The van der Waals surface area contributed by atoms with E-state index in [0.717, 1.165) is 5.56 Å². The van der Waals surface area contributed by atoms with Crippen molar-refractivity contribution in [3.05, 3.63) is 53.6 Å². The molecular formula is C25H30N2O5. The van der Waals surface area contributed by atoms with Gasteiger partial charge in [-0.05, 0) is 57.5 Å². The molecule has 1 atom stereocenters. The first-order chi connectivity index (χ1) is 15.1. The summed E-state index contributed by atoms with van der Waals surface area (Å²) in [5.74, 6) is -0.129. The van der Waals surface area contributed by atoms with Crippen molar-refractivity contribution < 1.29 is 23.9 Å². The molecule has 32 heavy (non-hydrogen) atoms. The zero-order valence-corrected chi connectivity index (χ0v) is 19.5. The first-order valence-corrected chi connectivity index (χ1v) is 10.6. The van der Waals surface area contributed by atoms with E-state index >= 15 is 0 Å². The molecule has 1 aliphatic heterocycles. The van der Waals surface area contributed by atoms with Gasteiger partial charge in [0.1, 0.15) is 6.04 Å². The average Bonchev–Trinajstić information content (AvgIpc) is 3.07. The molecule has 1 aliphatic rings. The highest BCUT2D eigenvalue weighted by Crippen LogP contribution is 2.34. The van der Waals surface area contributed by atoms with Crippen LogP contribution in [0.3, 0.4) is 0 Å². The van der Waals surface area contributed by atoms with Gasteiger partial charge in [-0.2, -0.15) is 0 Å². The Labute approximate surface area is 188 Å². The Bertz CT molecular complexity index is 1030. The second-order valence-corrected chi connectivity index (χ2v) is 8.53.